The van der Waals surface area contributed by atoms with Gasteiger partial charge in [0.25, 0.3) is 0 Å². The van der Waals surface area contributed by atoms with E-state index >= 15 is 0 Å². The zero-order valence-corrected chi connectivity index (χ0v) is 14.4. The van der Waals surface area contributed by atoms with Crippen molar-refractivity contribution < 1.29 is 9.90 Å². The molecule has 1 aliphatic heterocycles. The van der Waals surface area contributed by atoms with E-state index in [0.29, 0.717) is 18.2 Å². The lowest BCUT2D eigenvalue weighted by Crippen LogP contribution is -2.32. The summed E-state index contributed by atoms with van der Waals surface area (Å²) in [6, 6.07) is 8.66. The van der Waals surface area contributed by atoms with E-state index < -0.39 is 5.97 Å². The summed E-state index contributed by atoms with van der Waals surface area (Å²) in [6.45, 7) is 7.02. The number of piperidine rings is 1. The Morgan fingerprint density at radius 3 is 2.46 bits per heavy atom. The van der Waals surface area contributed by atoms with Crippen LogP contribution in [-0.4, -0.2) is 38.8 Å². The van der Waals surface area contributed by atoms with Crippen LogP contribution in [-0.2, 0) is 6.54 Å². The third kappa shape index (κ3) is 3.22. The second-order valence-corrected chi connectivity index (χ2v) is 6.42. The van der Waals surface area contributed by atoms with Crippen molar-refractivity contribution in [3.05, 3.63) is 41.7 Å². The highest BCUT2D eigenvalue weighted by Gasteiger charge is 2.20. The number of aromatic carboxylic acids is 1. The van der Waals surface area contributed by atoms with Gasteiger partial charge in [-0.05, 0) is 50.9 Å². The molecule has 2 aromatic rings. The molecule has 5 heteroatoms. The van der Waals surface area contributed by atoms with Crippen LogP contribution in [0.2, 0.25) is 0 Å². The summed E-state index contributed by atoms with van der Waals surface area (Å²) in [6.07, 6.45) is 5.54. The van der Waals surface area contributed by atoms with Crippen molar-refractivity contribution in [1.29, 1.82) is 0 Å². The second kappa shape index (κ2) is 7.18. The van der Waals surface area contributed by atoms with Crippen LogP contribution in [0.4, 0.5) is 0 Å². The highest BCUT2D eigenvalue weighted by Crippen LogP contribution is 2.28. The molecule has 0 amide bonds. The molecule has 2 heterocycles. The Kier molecular flexibility index (Phi) is 5.00. The van der Waals surface area contributed by atoms with Crippen LogP contribution in [0.3, 0.4) is 0 Å². The Bertz CT molecular complexity index is 700. The smallest absolute Gasteiger partial charge is 0.354 e. The first-order valence-corrected chi connectivity index (χ1v) is 8.75. The molecule has 1 saturated heterocycles. The molecule has 0 saturated carbocycles. The number of carboxylic acids is 1. The zero-order valence-electron chi connectivity index (χ0n) is 14.4. The number of benzene rings is 1. The van der Waals surface area contributed by atoms with E-state index in [1.54, 1.807) is 6.20 Å². The van der Waals surface area contributed by atoms with Gasteiger partial charge >= 0.3 is 5.97 Å². The number of aromatic nitrogens is 2. The summed E-state index contributed by atoms with van der Waals surface area (Å²) in [4.78, 5) is 14.1. The predicted molar refractivity (Wildman–Crippen MR) is 94.1 cm³/mol. The summed E-state index contributed by atoms with van der Waals surface area (Å²) >= 11 is 0. The summed E-state index contributed by atoms with van der Waals surface area (Å²) in [7, 11) is 0. The molecule has 128 valence electrons. The molecule has 0 radical (unpaired) electrons. The third-order valence-corrected chi connectivity index (χ3v) is 4.98. The number of likely N-dealkylation sites (tertiary alicyclic amines) is 1. The van der Waals surface area contributed by atoms with E-state index in [0.717, 1.165) is 18.7 Å². The second-order valence-electron chi connectivity index (χ2n) is 6.42. The largest absolute Gasteiger partial charge is 0.477 e. The minimum Gasteiger partial charge on any atom is -0.477 e. The van der Waals surface area contributed by atoms with Gasteiger partial charge in [0.05, 0.1) is 6.20 Å². The molecule has 0 unspecified atom stereocenters. The number of carboxylic acid groups (broad SMARTS) is 1. The van der Waals surface area contributed by atoms with Crippen molar-refractivity contribution in [2.75, 3.05) is 13.1 Å². The minimum absolute atomic E-state index is 0.259. The highest BCUT2D eigenvalue weighted by atomic mass is 16.4. The fraction of sp³-hybridized carbons (Fsp3) is 0.474. The average Bonchev–Trinajstić information content (AvgIpc) is 3.06. The van der Waals surface area contributed by atoms with Crippen LogP contribution in [0.5, 0.6) is 0 Å². The maximum absolute atomic E-state index is 11.6. The Balaban J connectivity index is 1.84. The number of hydrogen-bond acceptors (Lipinski definition) is 3. The Labute approximate surface area is 142 Å². The fourth-order valence-electron chi connectivity index (χ4n) is 3.52. The summed E-state index contributed by atoms with van der Waals surface area (Å²) < 4.78 is 1.53. The molecule has 1 fully saturated rings. The normalized spacial score (nSPS) is 16.9. The monoisotopic (exact) mass is 327 g/mol. The van der Waals surface area contributed by atoms with Gasteiger partial charge in [-0.25, -0.2) is 4.79 Å². The van der Waals surface area contributed by atoms with Crippen LogP contribution in [0.15, 0.2) is 30.5 Å². The van der Waals surface area contributed by atoms with E-state index in [9.17, 15) is 9.90 Å². The summed E-state index contributed by atoms with van der Waals surface area (Å²) in [5, 5.41) is 13.7. The number of nitrogens with zero attached hydrogens (tertiary/aromatic N) is 3. The molecule has 1 aromatic heterocycles. The molecule has 3 rings (SSSR count). The zero-order chi connectivity index (χ0) is 17.1. The molecular weight excluding hydrogens is 302 g/mol. The van der Waals surface area contributed by atoms with E-state index in [4.69, 9.17) is 0 Å². The molecule has 1 aromatic carbocycles. The van der Waals surface area contributed by atoms with Crippen molar-refractivity contribution >= 4 is 5.97 Å². The van der Waals surface area contributed by atoms with Crippen molar-refractivity contribution in [2.45, 2.75) is 45.7 Å². The van der Waals surface area contributed by atoms with Gasteiger partial charge in [-0.3, -0.25) is 9.58 Å². The maximum Gasteiger partial charge on any atom is 0.354 e. The van der Waals surface area contributed by atoms with Crippen LogP contribution in [0.25, 0.3) is 11.1 Å². The van der Waals surface area contributed by atoms with E-state index in [-0.39, 0.29) is 5.69 Å². The Hall–Kier alpha value is -2.14. The highest BCUT2D eigenvalue weighted by molar-refractivity contribution is 5.94. The quantitative estimate of drug-likeness (QED) is 0.907. The number of hydrogen-bond donors (Lipinski definition) is 1. The molecule has 5 nitrogen and oxygen atoms in total. The van der Waals surface area contributed by atoms with Crippen molar-refractivity contribution in [2.24, 2.45) is 0 Å². The van der Waals surface area contributed by atoms with Crippen LogP contribution < -0.4 is 0 Å². The maximum atomic E-state index is 11.6. The van der Waals surface area contributed by atoms with Gasteiger partial charge in [0.1, 0.15) is 0 Å². The Morgan fingerprint density at radius 2 is 1.88 bits per heavy atom. The molecule has 0 spiro atoms. The SMILES string of the molecule is CCn1ncc(-c2ccc([C@@H](C)N3CCCCC3)cc2)c1C(=O)O. The van der Waals surface area contributed by atoms with Gasteiger partial charge in [-0.1, -0.05) is 30.7 Å². The molecule has 24 heavy (non-hydrogen) atoms. The van der Waals surface area contributed by atoms with Gasteiger partial charge in [0.2, 0.25) is 0 Å². The van der Waals surface area contributed by atoms with Gasteiger partial charge in [0, 0.05) is 18.2 Å². The van der Waals surface area contributed by atoms with Crippen LogP contribution in [0.1, 0.15) is 55.2 Å². The van der Waals surface area contributed by atoms with E-state index in [1.165, 1.54) is 29.5 Å². The van der Waals surface area contributed by atoms with Crippen LogP contribution in [0, 0.1) is 0 Å². The Morgan fingerprint density at radius 1 is 1.21 bits per heavy atom. The lowest BCUT2D eigenvalue weighted by molar-refractivity contribution is 0.0684. The summed E-state index contributed by atoms with van der Waals surface area (Å²) in [5.74, 6) is -0.935. The molecule has 0 bridgehead atoms. The van der Waals surface area contributed by atoms with Gasteiger partial charge in [0.15, 0.2) is 5.69 Å². The standard InChI is InChI=1S/C19H25N3O2/c1-3-22-18(19(23)24)17(13-20-22)16-9-7-15(8-10-16)14(2)21-11-5-4-6-12-21/h7-10,13-14H,3-6,11-12H2,1-2H3,(H,23,24)/t14-/m1/s1. The average molecular weight is 327 g/mol. The number of carbonyl (C=O) groups is 1. The van der Waals surface area contributed by atoms with Crippen LogP contribution >= 0.6 is 0 Å². The first-order chi connectivity index (χ1) is 11.6. The van der Waals surface area contributed by atoms with Gasteiger partial charge < -0.3 is 5.11 Å². The first-order valence-electron chi connectivity index (χ1n) is 8.75. The van der Waals surface area contributed by atoms with E-state index in [2.05, 4.69) is 29.1 Å². The van der Waals surface area contributed by atoms with E-state index in [1.807, 2.05) is 19.1 Å². The lowest BCUT2D eigenvalue weighted by Gasteiger charge is -2.32. The minimum atomic E-state index is -0.935. The summed E-state index contributed by atoms with van der Waals surface area (Å²) in [5.41, 5.74) is 3.12. The molecule has 1 aliphatic rings. The van der Waals surface area contributed by atoms with Crippen molar-refractivity contribution in [1.82, 2.24) is 14.7 Å². The first kappa shape index (κ1) is 16.7. The number of rotatable bonds is 5. The molecule has 1 N–H and O–H groups in total. The van der Waals surface area contributed by atoms with Gasteiger partial charge in [-0.2, -0.15) is 5.10 Å². The molecule has 1 atom stereocenters. The third-order valence-electron chi connectivity index (χ3n) is 4.98. The number of aryl methyl sites for hydroxylation is 1. The molecule has 0 aliphatic carbocycles. The van der Waals surface area contributed by atoms with Crippen molar-refractivity contribution in [3.63, 3.8) is 0 Å². The predicted octanol–water partition coefficient (Wildman–Crippen LogP) is 3.82. The van der Waals surface area contributed by atoms with Crippen molar-refractivity contribution in [3.8, 4) is 11.1 Å². The van der Waals surface area contributed by atoms with Gasteiger partial charge in [-0.15, -0.1) is 0 Å². The topological polar surface area (TPSA) is 58.4 Å². The lowest BCUT2D eigenvalue weighted by atomic mass is 9.99. The fourth-order valence-corrected chi connectivity index (χ4v) is 3.52. The molecular formula is C19H25N3O2.